The second-order valence-corrected chi connectivity index (χ2v) is 5.57. The van der Waals surface area contributed by atoms with E-state index in [1.165, 1.54) is 0 Å². The van der Waals surface area contributed by atoms with Crippen LogP contribution in [0.15, 0.2) is 34.9 Å². The zero-order valence-corrected chi connectivity index (χ0v) is 13.3. The third-order valence-electron chi connectivity index (χ3n) is 3.29. The van der Waals surface area contributed by atoms with Crippen molar-refractivity contribution in [3.63, 3.8) is 0 Å². The zero-order chi connectivity index (χ0) is 14.5. The molecular weight excluding hydrogens is 320 g/mol. The number of rotatable bonds is 6. The minimum absolute atomic E-state index is 0.0456. The van der Waals surface area contributed by atoms with Gasteiger partial charge in [-0.3, -0.25) is 4.68 Å². The average molecular weight is 339 g/mol. The van der Waals surface area contributed by atoms with Crippen molar-refractivity contribution < 1.29 is 9.84 Å². The van der Waals surface area contributed by atoms with Gasteiger partial charge < -0.3 is 9.84 Å². The van der Waals surface area contributed by atoms with E-state index in [1.54, 1.807) is 0 Å². The minimum Gasteiger partial charge on any atom is -0.486 e. The van der Waals surface area contributed by atoms with Gasteiger partial charge in [-0.1, -0.05) is 19.1 Å². The Kier molecular flexibility index (Phi) is 5.20. The Morgan fingerprint density at radius 2 is 2.20 bits per heavy atom. The molecule has 1 N–H and O–H groups in total. The second kappa shape index (κ2) is 6.90. The molecule has 1 unspecified atom stereocenters. The summed E-state index contributed by atoms with van der Waals surface area (Å²) in [5.41, 5.74) is 1.64. The Balaban J connectivity index is 2.07. The predicted octanol–water partition coefficient (Wildman–Crippen LogP) is 3.69. The lowest BCUT2D eigenvalue weighted by Crippen LogP contribution is -2.06. The quantitative estimate of drug-likeness (QED) is 0.873. The van der Waals surface area contributed by atoms with Crippen LogP contribution in [0.1, 0.15) is 37.6 Å². The van der Waals surface area contributed by atoms with Crippen molar-refractivity contribution in [2.75, 3.05) is 0 Å². The zero-order valence-electron chi connectivity index (χ0n) is 11.7. The first kappa shape index (κ1) is 15.1. The molecule has 1 aromatic heterocycles. The van der Waals surface area contributed by atoms with E-state index < -0.39 is 0 Å². The van der Waals surface area contributed by atoms with Crippen molar-refractivity contribution in [1.82, 2.24) is 9.78 Å². The molecular formula is C15H19BrN2O2. The number of hydrogen-bond acceptors (Lipinski definition) is 3. The molecule has 4 nitrogen and oxygen atoms in total. The molecule has 1 aromatic carbocycles. The van der Waals surface area contributed by atoms with Gasteiger partial charge in [-0.05, 0) is 41.4 Å². The van der Waals surface area contributed by atoms with Crippen LogP contribution in [0.3, 0.4) is 0 Å². The molecule has 0 saturated heterocycles. The summed E-state index contributed by atoms with van der Waals surface area (Å²) in [5.74, 6) is 0.674. The molecule has 0 aliphatic carbocycles. The SMILES string of the molecule is CCC(C)n1ccc(COc2c(Br)cccc2CO)n1. The maximum Gasteiger partial charge on any atom is 0.139 e. The van der Waals surface area contributed by atoms with Crippen LogP contribution in [0.2, 0.25) is 0 Å². The molecule has 0 radical (unpaired) electrons. The van der Waals surface area contributed by atoms with Gasteiger partial charge in [0.2, 0.25) is 0 Å². The molecule has 0 amide bonds. The molecule has 0 spiro atoms. The molecule has 2 aromatic rings. The summed E-state index contributed by atoms with van der Waals surface area (Å²) in [6.07, 6.45) is 3.01. The van der Waals surface area contributed by atoms with E-state index in [0.717, 1.165) is 22.2 Å². The summed E-state index contributed by atoms with van der Waals surface area (Å²) in [6, 6.07) is 7.96. The number of benzene rings is 1. The highest BCUT2D eigenvalue weighted by molar-refractivity contribution is 9.10. The number of nitrogens with zero attached hydrogens (tertiary/aromatic N) is 2. The van der Waals surface area contributed by atoms with E-state index in [0.29, 0.717) is 18.4 Å². The van der Waals surface area contributed by atoms with Gasteiger partial charge >= 0.3 is 0 Å². The highest BCUT2D eigenvalue weighted by Gasteiger charge is 2.09. The van der Waals surface area contributed by atoms with Gasteiger partial charge in [0, 0.05) is 17.8 Å². The Morgan fingerprint density at radius 1 is 1.40 bits per heavy atom. The highest BCUT2D eigenvalue weighted by atomic mass is 79.9. The lowest BCUT2D eigenvalue weighted by molar-refractivity contribution is 0.255. The van der Waals surface area contributed by atoms with Gasteiger partial charge in [0.05, 0.1) is 16.8 Å². The normalized spacial score (nSPS) is 12.4. The fourth-order valence-electron chi connectivity index (χ4n) is 1.87. The minimum atomic E-state index is -0.0456. The van der Waals surface area contributed by atoms with Gasteiger partial charge in [-0.15, -0.1) is 0 Å². The smallest absolute Gasteiger partial charge is 0.139 e. The van der Waals surface area contributed by atoms with Gasteiger partial charge in [0.25, 0.3) is 0 Å². The number of ether oxygens (including phenoxy) is 1. The molecule has 2 rings (SSSR count). The standard InChI is InChI=1S/C15H19BrN2O2/c1-3-11(2)18-8-7-13(17-18)10-20-15-12(9-19)5-4-6-14(15)16/h4-8,11,19H,3,9-10H2,1-2H3. The van der Waals surface area contributed by atoms with Crippen LogP contribution in [0.25, 0.3) is 0 Å². The second-order valence-electron chi connectivity index (χ2n) is 4.72. The van der Waals surface area contributed by atoms with Crippen molar-refractivity contribution in [1.29, 1.82) is 0 Å². The number of para-hydroxylation sites is 1. The molecule has 1 heterocycles. The molecule has 0 bridgehead atoms. The first-order chi connectivity index (χ1) is 9.65. The number of aliphatic hydroxyl groups excluding tert-OH is 1. The molecule has 0 aliphatic heterocycles. The Labute approximate surface area is 127 Å². The van der Waals surface area contributed by atoms with Gasteiger partial charge in [0.15, 0.2) is 0 Å². The maximum absolute atomic E-state index is 9.33. The monoisotopic (exact) mass is 338 g/mol. The molecule has 0 fully saturated rings. The Hall–Kier alpha value is -1.33. The largest absolute Gasteiger partial charge is 0.486 e. The van der Waals surface area contributed by atoms with Crippen LogP contribution in [0, 0.1) is 0 Å². The van der Waals surface area contributed by atoms with E-state index >= 15 is 0 Å². The van der Waals surface area contributed by atoms with Crippen molar-refractivity contribution in [2.45, 2.75) is 39.5 Å². The fourth-order valence-corrected chi connectivity index (χ4v) is 2.39. The molecule has 5 heteroatoms. The van der Waals surface area contributed by atoms with Crippen molar-refractivity contribution in [2.24, 2.45) is 0 Å². The Bertz CT molecular complexity index is 569. The van der Waals surface area contributed by atoms with E-state index in [2.05, 4.69) is 34.9 Å². The van der Waals surface area contributed by atoms with E-state index in [-0.39, 0.29) is 6.61 Å². The van der Waals surface area contributed by atoms with Crippen molar-refractivity contribution >= 4 is 15.9 Å². The summed E-state index contributed by atoms with van der Waals surface area (Å²) >= 11 is 3.44. The average Bonchev–Trinajstić information content (AvgIpc) is 2.93. The van der Waals surface area contributed by atoms with Crippen LogP contribution < -0.4 is 4.74 Å². The summed E-state index contributed by atoms with van der Waals surface area (Å²) < 4.78 is 8.58. The van der Waals surface area contributed by atoms with E-state index in [9.17, 15) is 5.11 Å². The molecule has 1 atom stereocenters. The maximum atomic E-state index is 9.33. The predicted molar refractivity (Wildman–Crippen MR) is 81.6 cm³/mol. The van der Waals surface area contributed by atoms with Crippen LogP contribution in [-0.2, 0) is 13.2 Å². The van der Waals surface area contributed by atoms with Crippen LogP contribution in [0.4, 0.5) is 0 Å². The number of aromatic nitrogens is 2. The lowest BCUT2D eigenvalue weighted by Gasteiger charge is -2.11. The molecule has 0 aliphatic rings. The van der Waals surface area contributed by atoms with Gasteiger partial charge in [-0.25, -0.2) is 0 Å². The first-order valence-electron chi connectivity index (χ1n) is 6.70. The number of halogens is 1. The first-order valence-corrected chi connectivity index (χ1v) is 7.50. The van der Waals surface area contributed by atoms with E-state index in [4.69, 9.17) is 4.74 Å². The topological polar surface area (TPSA) is 47.3 Å². The highest BCUT2D eigenvalue weighted by Crippen LogP contribution is 2.29. The number of aliphatic hydroxyl groups is 1. The summed E-state index contributed by atoms with van der Waals surface area (Å²) in [5, 5.41) is 13.8. The van der Waals surface area contributed by atoms with E-state index in [1.807, 2.05) is 35.1 Å². The Morgan fingerprint density at radius 3 is 2.90 bits per heavy atom. The van der Waals surface area contributed by atoms with Crippen molar-refractivity contribution in [3.8, 4) is 5.75 Å². The summed E-state index contributed by atoms with van der Waals surface area (Å²) in [6.45, 7) is 4.61. The van der Waals surface area contributed by atoms with Crippen LogP contribution in [-0.4, -0.2) is 14.9 Å². The van der Waals surface area contributed by atoms with Crippen molar-refractivity contribution in [3.05, 3.63) is 46.2 Å². The molecule has 108 valence electrons. The number of hydrogen-bond donors (Lipinski definition) is 1. The summed E-state index contributed by atoms with van der Waals surface area (Å²) in [7, 11) is 0. The summed E-state index contributed by atoms with van der Waals surface area (Å²) in [4.78, 5) is 0. The molecule has 0 saturated carbocycles. The van der Waals surface area contributed by atoms with Gasteiger partial charge in [-0.2, -0.15) is 5.10 Å². The van der Waals surface area contributed by atoms with Gasteiger partial charge in [0.1, 0.15) is 12.4 Å². The third kappa shape index (κ3) is 3.41. The van der Waals surface area contributed by atoms with Crippen LogP contribution >= 0.6 is 15.9 Å². The third-order valence-corrected chi connectivity index (χ3v) is 3.91. The van der Waals surface area contributed by atoms with Crippen LogP contribution in [0.5, 0.6) is 5.75 Å². The fraction of sp³-hybridized carbons (Fsp3) is 0.400. The lowest BCUT2D eigenvalue weighted by atomic mass is 10.2. The molecule has 20 heavy (non-hydrogen) atoms.